The molecule has 2 N–H and O–H groups in total. The van der Waals surface area contributed by atoms with E-state index in [4.69, 9.17) is 4.42 Å². The van der Waals surface area contributed by atoms with Crippen LogP contribution in [0.1, 0.15) is 32.1 Å². The summed E-state index contributed by atoms with van der Waals surface area (Å²) < 4.78 is 29.1. The van der Waals surface area contributed by atoms with Crippen molar-refractivity contribution in [1.82, 2.24) is 0 Å². The van der Waals surface area contributed by atoms with Gasteiger partial charge >= 0.3 is 5.97 Å². The summed E-state index contributed by atoms with van der Waals surface area (Å²) in [5, 5.41) is 11.6. The van der Waals surface area contributed by atoms with Gasteiger partial charge in [0.1, 0.15) is 11.2 Å². The Morgan fingerprint density at radius 1 is 1.04 bits per heavy atom. The number of furan rings is 1. The monoisotopic (exact) mass is 373 g/mol. The van der Waals surface area contributed by atoms with Crippen LogP contribution in [-0.2, 0) is 16.1 Å². The molecule has 1 heterocycles. The number of carboxylic acid groups (broad SMARTS) is 1. The molecule has 1 aliphatic rings. The molecule has 4 rings (SSSR count). The van der Waals surface area contributed by atoms with E-state index in [9.17, 15) is 18.7 Å². The molecule has 1 saturated carbocycles. The summed E-state index contributed by atoms with van der Waals surface area (Å²) in [7, 11) is 0. The van der Waals surface area contributed by atoms with E-state index in [0.29, 0.717) is 24.1 Å². The molecular weight excluding hydrogens is 354 g/mol. The van der Waals surface area contributed by atoms with Gasteiger partial charge in [0.25, 0.3) is 11.3 Å². The van der Waals surface area contributed by atoms with Crippen LogP contribution in [0.3, 0.4) is 0 Å². The Bertz CT molecular complexity index is 1010. The molecule has 26 heavy (non-hydrogen) atoms. The summed E-state index contributed by atoms with van der Waals surface area (Å²) in [6, 6.07) is 12.7. The highest BCUT2D eigenvalue weighted by molar-refractivity contribution is 7.80. The number of hydrogen-bond donors (Lipinski definition) is 2. The minimum atomic E-state index is -2.45. The molecule has 7 heteroatoms. The Morgan fingerprint density at radius 2 is 1.73 bits per heavy atom. The first-order chi connectivity index (χ1) is 12.5. The fourth-order valence-corrected chi connectivity index (χ4v) is 4.82. The second-order valence-electron chi connectivity index (χ2n) is 6.70. The van der Waals surface area contributed by atoms with Gasteiger partial charge in [-0.3, -0.25) is 8.86 Å². The highest BCUT2D eigenvalue weighted by Gasteiger charge is 2.48. The van der Waals surface area contributed by atoms with Crippen LogP contribution in [0.4, 0.5) is 5.69 Å². The van der Waals surface area contributed by atoms with Crippen molar-refractivity contribution >= 4 is 44.9 Å². The summed E-state index contributed by atoms with van der Waals surface area (Å²) in [5.41, 5.74) is 0.424. The van der Waals surface area contributed by atoms with Crippen molar-refractivity contribution in [1.29, 1.82) is 0 Å². The third-order valence-corrected chi connectivity index (χ3v) is 6.09. The van der Waals surface area contributed by atoms with Gasteiger partial charge in [-0.05, 0) is 37.1 Å². The number of hydrogen-bond acceptors (Lipinski definition) is 3. The van der Waals surface area contributed by atoms with E-state index in [1.165, 1.54) is 0 Å². The first kappa shape index (κ1) is 17.1. The van der Waals surface area contributed by atoms with E-state index in [-0.39, 0.29) is 0 Å². The molecule has 2 aromatic carbocycles. The SMILES string of the molecule is O=C(O)C1(N(c2ccc3oc4ccccc4c3c2)S(=O)O)CCCCC1. The quantitative estimate of drug-likeness (QED) is 0.665. The Hall–Kier alpha value is -2.38. The van der Waals surface area contributed by atoms with E-state index in [1.807, 2.05) is 24.3 Å². The maximum atomic E-state index is 12.2. The van der Waals surface area contributed by atoms with Gasteiger partial charge in [-0.1, -0.05) is 37.5 Å². The summed E-state index contributed by atoms with van der Waals surface area (Å²) in [6.07, 6.45) is 3.07. The molecule has 0 spiro atoms. The van der Waals surface area contributed by atoms with E-state index in [1.54, 1.807) is 18.2 Å². The molecular formula is C19H19NO5S. The largest absolute Gasteiger partial charge is 0.479 e. The Labute approximate surface area is 152 Å². The Kier molecular flexibility index (Phi) is 4.20. The second-order valence-corrected chi connectivity index (χ2v) is 7.53. The van der Waals surface area contributed by atoms with Crippen LogP contribution in [0.5, 0.6) is 0 Å². The Balaban J connectivity index is 1.90. The first-order valence-electron chi connectivity index (χ1n) is 8.59. The molecule has 0 amide bonds. The van der Waals surface area contributed by atoms with Gasteiger partial charge < -0.3 is 9.52 Å². The average Bonchev–Trinajstić information content (AvgIpc) is 3.00. The summed E-state index contributed by atoms with van der Waals surface area (Å²) >= 11 is -2.45. The van der Waals surface area contributed by atoms with Crippen molar-refractivity contribution < 1.29 is 23.1 Å². The lowest BCUT2D eigenvalue weighted by Crippen LogP contribution is -2.56. The van der Waals surface area contributed by atoms with Crippen LogP contribution >= 0.6 is 0 Å². The molecule has 0 bridgehead atoms. The van der Waals surface area contributed by atoms with E-state index in [2.05, 4.69) is 0 Å². The number of fused-ring (bicyclic) bond motifs is 3. The number of rotatable bonds is 4. The van der Waals surface area contributed by atoms with Gasteiger partial charge in [0.05, 0.1) is 5.69 Å². The van der Waals surface area contributed by atoms with Crippen molar-refractivity contribution in [3.63, 3.8) is 0 Å². The molecule has 1 fully saturated rings. The van der Waals surface area contributed by atoms with E-state index in [0.717, 1.165) is 39.9 Å². The number of anilines is 1. The van der Waals surface area contributed by atoms with Crippen LogP contribution in [0, 0.1) is 0 Å². The van der Waals surface area contributed by atoms with Crippen molar-refractivity contribution in [3.8, 4) is 0 Å². The molecule has 1 atom stereocenters. The Morgan fingerprint density at radius 3 is 2.42 bits per heavy atom. The fourth-order valence-electron chi connectivity index (χ4n) is 3.97. The molecule has 0 saturated heterocycles. The highest BCUT2D eigenvalue weighted by Crippen LogP contribution is 2.40. The molecule has 1 unspecified atom stereocenters. The number of carbonyl (C=O) groups is 1. The lowest BCUT2D eigenvalue weighted by atomic mass is 9.81. The average molecular weight is 373 g/mol. The number of aliphatic carboxylic acids is 1. The molecule has 3 aromatic rings. The third-order valence-electron chi connectivity index (χ3n) is 5.22. The number of benzene rings is 2. The van der Waals surface area contributed by atoms with Gasteiger partial charge in [0.2, 0.25) is 0 Å². The zero-order chi connectivity index (χ0) is 18.3. The van der Waals surface area contributed by atoms with Crippen molar-refractivity contribution in [2.24, 2.45) is 0 Å². The third kappa shape index (κ3) is 2.59. The predicted octanol–water partition coefficient (Wildman–Crippen LogP) is 4.32. The predicted molar refractivity (Wildman–Crippen MR) is 100 cm³/mol. The first-order valence-corrected chi connectivity index (χ1v) is 9.65. The lowest BCUT2D eigenvalue weighted by molar-refractivity contribution is -0.144. The number of nitrogens with zero attached hydrogens (tertiary/aromatic N) is 1. The summed E-state index contributed by atoms with van der Waals surface area (Å²) in [5.74, 6) is -1.06. The highest BCUT2D eigenvalue weighted by atomic mass is 32.2. The zero-order valence-corrected chi connectivity index (χ0v) is 14.9. The number of para-hydroxylation sites is 1. The maximum absolute atomic E-state index is 12.2. The van der Waals surface area contributed by atoms with Crippen LogP contribution in [0.2, 0.25) is 0 Å². The van der Waals surface area contributed by atoms with E-state index >= 15 is 0 Å². The molecule has 1 aromatic heterocycles. The lowest BCUT2D eigenvalue weighted by Gasteiger charge is -2.41. The van der Waals surface area contributed by atoms with Gasteiger partial charge in [-0.2, -0.15) is 0 Å². The van der Waals surface area contributed by atoms with E-state index < -0.39 is 22.8 Å². The van der Waals surface area contributed by atoms with Crippen molar-refractivity contribution in [2.45, 2.75) is 37.6 Å². The fraction of sp³-hybridized carbons (Fsp3) is 0.316. The molecule has 0 radical (unpaired) electrons. The normalized spacial score (nSPS) is 18.0. The van der Waals surface area contributed by atoms with Gasteiger partial charge in [0.15, 0.2) is 5.54 Å². The minimum Gasteiger partial charge on any atom is -0.479 e. The molecule has 1 aliphatic carbocycles. The van der Waals surface area contributed by atoms with Gasteiger partial charge in [-0.15, -0.1) is 0 Å². The van der Waals surface area contributed by atoms with Crippen molar-refractivity contribution in [2.75, 3.05) is 4.31 Å². The zero-order valence-electron chi connectivity index (χ0n) is 14.1. The smallest absolute Gasteiger partial charge is 0.330 e. The molecule has 6 nitrogen and oxygen atoms in total. The summed E-state index contributed by atoms with van der Waals surface area (Å²) in [6.45, 7) is 0. The van der Waals surface area contributed by atoms with Gasteiger partial charge in [0, 0.05) is 10.8 Å². The minimum absolute atomic E-state index is 0.346. The second kappa shape index (κ2) is 6.41. The van der Waals surface area contributed by atoms with Gasteiger partial charge in [-0.25, -0.2) is 9.00 Å². The van der Waals surface area contributed by atoms with Crippen LogP contribution < -0.4 is 4.31 Å². The van der Waals surface area contributed by atoms with Crippen LogP contribution in [0.15, 0.2) is 46.9 Å². The number of carboxylic acids is 1. The van der Waals surface area contributed by atoms with Crippen molar-refractivity contribution in [3.05, 3.63) is 42.5 Å². The molecule has 136 valence electrons. The standard InChI is InChI=1S/C19H19NO5S/c21-18(22)19(10-4-1-5-11-19)20(26(23)24)13-8-9-17-15(12-13)14-6-2-3-7-16(14)25-17/h2-3,6-9,12H,1,4-5,10-11H2,(H,21,22)(H,23,24). The van der Waals surface area contributed by atoms with Crippen LogP contribution in [-0.4, -0.2) is 25.4 Å². The summed E-state index contributed by atoms with van der Waals surface area (Å²) in [4.78, 5) is 12.1. The molecule has 0 aliphatic heterocycles. The maximum Gasteiger partial charge on any atom is 0.330 e. The topological polar surface area (TPSA) is 91.0 Å². The van der Waals surface area contributed by atoms with Crippen LogP contribution in [0.25, 0.3) is 21.9 Å².